The lowest BCUT2D eigenvalue weighted by molar-refractivity contribution is 0.406. The summed E-state index contributed by atoms with van der Waals surface area (Å²) < 4.78 is 6.51. The molecule has 0 unspecified atom stereocenters. The summed E-state index contributed by atoms with van der Waals surface area (Å²) in [5.41, 5.74) is 7.43. The van der Waals surface area contributed by atoms with E-state index in [1.165, 1.54) is 11.8 Å². The lowest BCUT2D eigenvalue weighted by atomic mass is 10.1. The molecule has 1 aromatic heterocycles. The van der Waals surface area contributed by atoms with E-state index in [1.807, 2.05) is 0 Å². The largest absolute Gasteiger partial charge is 0.496 e. The molecule has 20 heavy (non-hydrogen) atoms. The van der Waals surface area contributed by atoms with Crippen molar-refractivity contribution in [2.45, 2.75) is 20.4 Å². The lowest BCUT2D eigenvalue weighted by Gasteiger charge is -2.12. The van der Waals surface area contributed by atoms with Crippen molar-refractivity contribution in [2.75, 3.05) is 12.8 Å². The first-order valence-electron chi connectivity index (χ1n) is 6.16. The molecule has 0 radical (unpaired) electrons. The van der Waals surface area contributed by atoms with Crippen LogP contribution in [-0.4, -0.2) is 16.9 Å². The topological polar surface area (TPSA) is 90.1 Å². The summed E-state index contributed by atoms with van der Waals surface area (Å²) in [5, 5.41) is 2.56. The fourth-order valence-electron chi connectivity index (χ4n) is 1.96. The number of nitrogens with one attached hydrogen (secondary N) is 1. The zero-order valence-corrected chi connectivity index (χ0v) is 11.7. The molecule has 0 fully saturated rings. The molecule has 6 heteroatoms. The summed E-state index contributed by atoms with van der Waals surface area (Å²) in [5.74, 6) is 0.580. The van der Waals surface area contributed by atoms with E-state index < -0.39 is 0 Å². The maximum atomic E-state index is 12.1. The average molecular weight is 275 g/mol. The summed E-state index contributed by atoms with van der Waals surface area (Å²) in [4.78, 5) is 23.9. The van der Waals surface area contributed by atoms with Crippen molar-refractivity contribution >= 4 is 5.69 Å². The highest BCUT2D eigenvalue weighted by molar-refractivity contribution is 5.48. The SMILES string of the molecule is COc1cc(N)ccc1Cn1[nH]c(=O)c(C)c(C)c1=O. The number of rotatable bonds is 3. The van der Waals surface area contributed by atoms with Crippen molar-refractivity contribution in [3.05, 3.63) is 55.6 Å². The number of nitrogens with zero attached hydrogens (tertiary/aromatic N) is 1. The Balaban J connectivity index is 2.51. The van der Waals surface area contributed by atoms with Gasteiger partial charge in [-0.3, -0.25) is 14.7 Å². The third-order valence-corrected chi connectivity index (χ3v) is 3.35. The molecule has 0 saturated carbocycles. The van der Waals surface area contributed by atoms with Gasteiger partial charge in [-0.25, -0.2) is 4.68 Å². The normalized spacial score (nSPS) is 10.6. The van der Waals surface area contributed by atoms with Crippen LogP contribution in [0, 0.1) is 13.8 Å². The quantitative estimate of drug-likeness (QED) is 0.810. The van der Waals surface area contributed by atoms with E-state index in [2.05, 4.69) is 5.10 Å². The highest BCUT2D eigenvalue weighted by Gasteiger charge is 2.10. The van der Waals surface area contributed by atoms with Gasteiger partial charge >= 0.3 is 0 Å². The van der Waals surface area contributed by atoms with Crippen LogP contribution < -0.4 is 21.6 Å². The number of nitrogen functional groups attached to an aromatic ring is 1. The van der Waals surface area contributed by atoms with E-state index in [9.17, 15) is 9.59 Å². The molecule has 2 rings (SSSR count). The summed E-state index contributed by atoms with van der Waals surface area (Å²) in [7, 11) is 1.53. The van der Waals surface area contributed by atoms with Crippen molar-refractivity contribution < 1.29 is 4.74 Å². The van der Waals surface area contributed by atoms with Crippen molar-refractivity contribution in [3.63, 3.8) is 0 Å². The van der Waals surface area contributed by atoms with Crippen LogP contribution >= 0.6 is 0 Å². The van der Waals surface area contributed by atoms with Gasteiger partial charge in [0.2, 0.25) is 0 Å². The van der Waals surface area contributed by atoms with Crippen LogP contribution in [0.5, 0.6) is 5.75 Å². The number of aromatic amines is 1. The van der Waals surface area contributed by atoms with Gasteiger partial charge in [0, 0.05) is 28.4 Å². The minimum atomic E-state index is -0.267. The molecule has 0 aliphatic rings. The molecule has 3 N–H and O–H groups in total. The van der Waals surface area contributed by atoms with Crippen LogP contribution in [-0.2, 0) is 6.54 Å². The summed E-state index contributed by atoms with van der Waals surface area (Å²) in [6, 6.07) is 5.18. The molecule has 0 atom stereocenters. The smallest absolute Gasteiger partial charge is 0.268 e. The molecule has 0 aliphatic carbocycles. The minimum Gasteiger partial charge on any atom is -0.496 e. The Bertz CT molecular complexity index is 759. The van der Waals surface area contributed by atoms with E-state index >= 15 is 0 Å². The second kappa shape index (κ2) is 5.24. The number of aromatic nitrogens is 2. The van der Waals surface area contributed by atoms with E-state index in [1.54, 1.807) is 32.0 Å². The van der Waals surface area contributed by atoms with Gasteiger partial charge in [0.25, 0.3) is 11.1 Å². The van der Waals surface area contributed by atoms with E-state index in [-0.39, 0.29) is 17.7 Å². The predicted octanol–water partition coefficient (Wildman–Crippen LogP) is 0.793. The Labute approximate surface area is 115 Å². The zero-order valence-electron chi connectivity index (χ0n) is 11.7. The first-order valence-corrected chi connectivity index (χ1v) is 6.16. The van der Waals surface area contributed by atoms with E-state index in [0.29, 0.717) is 22.6 Å². The number of hydrogen-bond donors (Lipinski definition) is 2. The van der Waals surface area contributed by atoms with Gasteiger partial charge in [-0.1, -0.05) is 6.07 Å². The fourth-order valence-corrected chi connectivity index (χ4v) is 1.96. The van der Waals surface area contributed by atoms with Gasteiger partial charge < -0.3 is 10.5 Å². The van der Waals surface area contributed by atoms with Crippen molar-refractivity contribution in [3.8, 4) is 5.75 Å². The van der Waals surface area contributed by atoms with Crippen molar-refractivity contribution in [1.29, 1.82) is 0 Å². The molecule has 0 amide bonds. The van der Waals surface area contributed by atoms with Crippen molar-refractivity contribution in [2.24, 2.45) is 0 Å². The van der Waals surface area contributed by atoms with Crippen LogP contribution in [0.25, 0.3) is 0 Å². The van der Waals surface area contributed by atoms with Crippen LogP contribution in [0.2, 0.25) is 0 Å². The van der Waals surface area contributed by atoms with E-state index in [4.69, 9.17) is 10.5 Å². The molecule has 1 heterocycles. The van der Waals surface area contributed by atoms with Crippen LogP contribution in [0.4, 0.5) is 5.69 Å². The van der Waals surface area contributed by atoms with Gasteiger partial charge in [-0.2, -0.15) is 0 Å². The second-order valence-corrected chi connectivity index (χ2v) is 4.65. The maximum absolute atomic E-state index is 12.1. The second-order valence-electron chi connectivity index (χ2n) is 4.65. The first-order chi connectivity index (χ1) is 9.43. The zero-order chi connectivity index (χ0) is 14.9. The molecule has 6 nitrogen and oxygen atoms in total. The Morgan fingerprint density at radius 1 is 1.25 bits per heavy atom. The van der Waals surface area contributed by atoms with Crippen LogP contribution in [0.15, 0.2) is 27.8 Å². The minimum absolute atomic E-state index is 0.221. The maximum Gasteiger partial charge on any atom is 0.268 e. The molecular weight excluding hydrogens is 258 g/mol. The Morgan fingerprint density at radius 2 is 1.95 bits per heavy atom. The predicted molar refractivity (Wildman–Crippen MR) is 77.3 cm³/mol. The number of methoxy groups -OCH3 is 1. The lowest BCUT2D eigenvalue weighted by Crippen LogP contribution is -2.33. The Hall–Kier alpha value is -2.50. The van der Waals surface area contributed by atoms with Crippen LogP contribution in [0.1, 0.15) is 16.7 Å². The summed E-state index contributed by atoms with van der Waals surface area (Å²) in [6.07, 6.45) is 0. The molecule has 106 valence electrons. The number of ether oxygens (including phenoxy) is 1. The number of H-pyrrole nitrogens is 1. The molecule has 2 aromatic rings. The average Bonchev–Trinajstić information content (AvgIpc) is 2.44. The van der Waals surface area contributed by atoms with Gasteiger partial charge in [0.1, 0.15) is 5.75 Å². The highest BCUT2D eigenvalue weighted by Crippen LogP contribution is 2.21. The number of anilines is 1. The molecular formula is C14H17N3O3. The summed E-state index contributed by atoms with van der Waals surface area (Å²) >= 11 is 0. The fraction of sp³-hybridized carbons (Fsp3) is 0.286. The monoisotopic (exact) mass is 275 g/mol. The van der Waals surface area contributed by atoms with Gasteiger partial charge in [-0.15, -0.1) is 0 Å². The molecule has 1 aromatic carbocycles. The number of hydrogen-bond acceptors (Lipinski definition) is 4. The Morgan fingerprint density at radius 3 is 2.60 bits per heavy atom. The molecule has 0 aliphatic heterocycles. The van der Waals surface area contributed by atoms with Gasteiger partial charge in [0.15, 0.2) is 0 Å². The van der Waals surface area contributed by atoms with Crippen molar-refractivity contribution in [1.82, 2.24) is 9.78 Å². The summed E-state index contributed by atoms with van der Waals surface area (Å²) in [6.45, 7) is 3.49. The molecule has 0 bridgehead atoms. The van der Waals surface area contributed by atoms with E-state index in [0.717, 1.165) is 5.56 Å². The van der Waals surface area contributed by atoms with Gasteiger partial charge in [-0.05, 0) is 19.9 Å². The molecule has 0 spiro atoms. The number of benzene rings is 1. The Kier molecular flexibility index (Phi) is 3.65. The standard InChI is InChI=1S/C14H17N3O3/c1-8-9(2)14(19)17(16-13(8)18)7-10-4-5-11(15)6-12(10)20-3/h4-6H,7,15H2,1-3H3,(H,16,18). The first kappa shape index (κ1) is 13.9. The van der Waals surface area contributed by atoms with Crippen LogP contribution in [0.3, 0.4) is 0 Å². The number of nitrogens with two attached hydrogens (primary N) is 1. The molecule has 0 saturated heterocycles. The highest BCUT2D eigenvalue weighted by atomic mass is 16.5. The van der Waals surface area contributed by atoms with Gasteiger partial charge in [0.05, 0.1) is 13.7 Å². The third kappa shape index (κ3) is 2.45. The third-order valence-electron chi connectivity index (χ3n) is 3.35.